The minimum Gasteiger partial charge on any atom is -0.451 e. The van der Waals surface area contributed by atoms with E-state index in [-0.39, 0.29) is 28.0 Å². The second-order valence-electron chi connectivity index (χ2n) is 11.9. The van der Waals surface area contributed by atoms with Gasteiger partial charge in [0.15, 0.2) is 12.3 Å². The molecule has 1 aromatic heterocycles. The Morgan fingerprint density at radius 1 is 1.13 bits per heavy atom. The van der Waals surface area contributed by atoms with Crippen molar-refractivity contribution in [1.29, 1.82) is 0 Å². The lowest BCUT2D eigenvalue weighted by atomic mass is 9.49. The van der Waals surface area contributed by atoms with E-state index >= 15 is 0 Å². The smallest absolute Gasteiger partial charge is 0.359 e. The molecule has 1 heterocycles. The molecule has 0 saturated heterocycles. The zero-order valence-corrected chi connectivity index (χ0v) is 22.7. The van der Waals surface area contributed by atoms with Gasteiger partial charge in [0.25, 0.3) is 11.5 Å². The van der Waals surface area contributed by atoms with Gasteiger partial charge in [-0.1, -0.05) is 70.5 Å². The number of nitrogens with zero attached hydrogens (tertiary/aromatic N) is 1. The molecule has 2 N–H and O–H groups in total. The van der Waals surface area contributed by atoms with Crippen molar-refractivity contribution in [1.82, 2.24) is 15.5 Å². The molecule has 2 aliphatic carbocycles. The van der Waals surface area contributed by atoms with Crippen molar-refractivity contribution in [2.75, 3.05) is 13.2 Å². The first-order chi connectivity index (χ1) is 18.1. The van der Waals surface area contributed by atoms with Crippen LogP contribution in [0.5, 0.6) is 0 Å². The Bertz CT molecular complexity index is 1440. The highest BCUT2D eigenvalue weighted by Crippen LogP contribution is 2.57. The number of H-pyrrole nitrogens is 1. The molecule has 7 nitrogen and oxygen atoms in total. The second-order valence-corrected chi connectivity index (χ2v) is 11.9. The van der Waals surface area contributed by atoms with Crippen LogP contribution < -0.4 is 10.9 Å². The zero-order valence-electron chi connectivity index (χ0n) is 22.7. The fourth-order valence-electron chi connectivity index (χ4n) is 7.04. The van der Waals surface area contributed by atoms with E-state index in [1.54, 1.807) is 24.3 Å². The molecule has 5 rings (SSSR count). The van der Waals surface area contributed by atoms with E-state index in [0.717, 1.165) is 32.1 Å². The van der Waals surface area contributed by atoms with E-state index in [2.05, 4.69) is 61.4 Å². The molecule has 0 aliphatic heterocycles. The first-order valence-corrected chi connectivity index (χ1v) is 13.7. The quantitative estimate of drug-likeness (QED) is 0.449. The molecule has 0 spiro atoms. The first-order valence-electron chi connectivity index (χ1n) is 13.7. The van der Waals surface area contributed by atoms with Gasteiger partial charge in [0.2, 0.25) is 0 Å². The van der Waals surface area contributed by atoms with Crippen molar-refractivity contribution in [2.45, 2.75) is 71.1 Å². The molecule has 3 aromatic rings. The van der Waals surface area contributed by atoms with Crippen molar-refractivity contribution in [3.05, 3.63) is 75.2 Å². The van der Waals surface area contributed by atoms with Crippen LogP contribution in [-0.4, -0.2) is 35.2 Å². The molecule has 1 saturated carbocycles. The number of aryl methyl sites for hydroxylation is 1. The summed E-state index contributed by atoms with van der Waals surface area (Å²) in [6.07, 6.45) is 5.51. The second kappa shape index (κ2) is 10.0. The molecule has 38 heavy (non-hydrogen) atoms. The summed E-state index contributed by atoms with van der Waals surface area (Å²) in [5, 5.41) is 9.98. The first kappa shape index (κ1) is 26.1. The van der Waals surface area contributed by atoms with E-state index < -0.39 is 12.6 Å². The van der Waals surface area contributed by atoms with Gasteiger partial charge in [0, 0.05) is 11.9 Å². The lowest BCUT2D eigenvalue weighted by Crippen LogP contribution is -2.53. The lowest BCUT2D eigenvalue weighted by Gasteiger charge is -2.55. The maximum absolute atomic E-state index is 12.8. The maximum atomic E-state index is 12.8. The highest BCUT2D eigenvalue weighted by molar-refractivity contribution is 6.02. The third-order valence-corrected chi connectivity index (χ3v) is 9.08. The van der Waals surface area contributed by atoms with Crippen LogP contribution in [-0.2, 0) is 21.4 Å². The molecule has 7 heteroatoms. The van der Waals surface area contributed by atoms with Crippen LogP contribution in [0.3, 0.4) is 0 Å². The molecular formula is C31H37N3O4. The minimum atomic E-state index is -0.742. The maximum Gasteiger partial charge on any atom is 0.359 e. The van der Waals surface area contributed by atoms with Gasteiger partial charge in [-0.2, -0.15) is 5.10 Å². The summed E-state index contributed by atoms with van der Waals surface area (Å²) >= 11 is 0. The summed E-state index contributed by atoms with van der Waals surface area (Å²) in [7, 11) is 0. The van der Waals surface area contributed by atoms with Crippen molar-refractivity contribution in [3.8, 4) is 0 Å². The Morgan fingerprint density at radius 3 is 2.66 bits per heavy atom. The van der Waals surface area contributed by atoms with Crippen LogP contribution >= 0.6 is 0 Å². The van der Waals surface area contributed by atoms with E-state index in [1.165, 1.54) is 16.7 Å². The number of nitrogens with one attached hydrogen (secondary N) is 2. The number of ether oxygens (including phenoxy) is 1. The van der Waals surface area contributed by atoms with Crippen molar-refractivity contribution in [2.24, 2.45) is 11.3 Å². The molecule has 0 bridgehead atoms. The van der Waals surface area contributed by atoms with Gasteiger partial charge in [-0.25, -0.2) is 9.89 Å². The summed E-state index contributed by atoms with van der Waals surface area (Å²) in [6.45, 7) is 9.34. The third-order valence-electron chi connectivity index (χ3n) is 9.08. The highest BCUT2D eigenvalue weighted by Gasteiger charge is 2.51. The summed E-state index contributed by atoms with van der Waals surface area (Å²) in [6, 6.07) is 13.7. The minimum absolute atomic E-state index is 0.00972. The third kappa shape index (κ3) is 4.63. The number of esters is 1. The van der Waals surface area contributed by atoms with Gasteiger partial charge in [-0.15, -0.1) is 0 Å². The SMILES string of the molecule is CC(C)c1ccc2c(c1)CCC1C(C)(CNC(=O)COC(=O)c3n[nH]c(=O)c4ccccc34)CCCC21C. The standard InChI is InChI=1S/C31H37N3O4/c1-19(2)20-10-12-24-21(16-20)11-13-25-30(3,14-7-15-31(24,25)4)18-32-26(35)17-38-29(37)27-22-8-5-6-9-23(22)28(36)34-33-27/h5-6,8-10,12,16,19,25H,7,11,13-15,17-18H2,1-4H3,(H,32,35)(H,34,36). The number of hydrogen-bond donors (Lipinski definition) is 2. The molecule has 0 radical (unpaired) electrons. The zero-order chi connectivity index (χ0) is 27.1. The number of benzene rings is 2. The van der Waals surface area contributed by atoms with E-state index in [9.17, 15) is 14.4 Å². The van der Waals surface area contributed by atoms with E-state index in [1.807, 2.05) is 0 Å². The summed E-state index contributed by atoms with van der Waals surface area (Å²) in [5.74, 6) is -0.0989. The monoisotopic (exact) mass is 515 g/mol. The van der Waals surface area contributed by atoms with Gasteiger partial charge in [-0.3, -0.25) is 9.59 Å². The topological polar surface area (TPSA) is 101 Å². The molecule has 3 atom stereocenters. The number of fused-ring (bicyclic) bond motifs is 4. The Balaban J connectivity index is 1.24. The highest BCUT2D eigenvalue weighted by atomic mass is 16.5. The number of rotatable bonds is 6. The number of aromatic nitrogens is 2. The average molecular weight is 516 g/mol. The largest absolute Gasteiger partial charge is 0.451 e. The molecule has 2 aliphatic rings. The molecule has 1 amide bonds. The fraction of sp³-hybridized carbons (Fsp3) is 0.484. The van der Waals surface area contributed by atoms with Crippen molar-refractivity contribution in [3.63, 3.8) is 0 Å². The molecular weight excluding hydrogens is 478 g/mol. The summed E-state index contributed by atoms with van der Waals surface area (Å²) in [4.78, 5) is 37.4. The Morgan fingerprint density at radius 2 is 1.89 bits per heavy atom. The summed E-state index contributed by atoms with van der Waals surface area (Å²) in [5.41, 5.74) is 4.01. The Hall–Kier alpha value is -3.48. The predicted octanol–water partition coefficient (Wildman–Crippen LogP) is 5.03. The van der Waals surface area contributed by atoms with E-state index in [4.69, 9.17) is 4.74 Å². The number of carbonyl (C=O) groups is 2. The van der Waals surface area contributed by atoms with Gasteiger partial charge in [-0.05, 0) is 71.1 Å². The number of aromatic amines is 1. The summed E-state index contributed by atoms with van der Waals surface area (Å²) < 4.78 is 5.28. The van der Waals surface area contributed by atoms with Crippen LogP contribution in [0.25, 0.3) is 10.8 Å². The fourth-order valence-corrected chi connectivity index (χ4v) is 7.04. The van der Waals surface area contributed by atoms with Crippen LogP contribution in [0.1, 0.15) is 86.5 Å². The number of carbonyl (C=O) groups excluding carboxylic acids is 2. The lowest BCUT2D eigenvalue weighted by molar-refractivity contribution is -0.125. The molecule has 200 valence electrons. The Labute approximate surface area is 223 Å². The predicted molar refractivity (Wildman–Crippen MR) is 147 cm³/mol. The van der Waals surface area contributed by atoms with Crippen molar-refractivity contribution < 1.29 is 14.3 Å². The van der Waals surface area contributed by atoms with Crippen LogP contribution in [0, 0.1) is 11.3 Å². The van der Waals surface area contributed by atoms with Gasteiger partial charge in [0.1, 0.15) is 0 Å². The van der Waals surface area contributed by atoms with Gasteiger partial charge < -0.3 is 10.1 Å². The van der Waals surface area contributed by atoms with Gasteiger partial charge >= 0.3 is 5.97 Å². The molecule has 3 unspecified atom stereocenters. The number of amides is 1. The molecule has 1 fully saturated rings. The normalized spacial score (nSPS) is 24.5. The average Bonchev–Trinajstić information content (AvgIpc) is 2.90. The van der Waals surface area contributed by atoms with Crippen LogP contribution in [0.2, 0.25) is 0 Å². The van der Waals surface area contributed by atoms with Crippen molar-refractivity contribution >= 4 is 22.6 Å². The van der Waals surface area contributed by atoms with Crippen LogP contribution in [0.4, 0.5) is 0 Å². The van der Waals surface area contributed by atoms with Crippen LogP contribution in [0.15, 0.2) is 47.3 Å². The number of hydrogen-bond acceptors (Lipinski definition) is 5. The van der Waals surface area contributed by atoms with Gasteiger partial charge in [0.05, 0.1) is 5.39 Å². The Kier molecular flexibility index (Phi) is 6.88. The molecule has 2 aromatic carbocycles. The van der Waals surface area contributed by atoms with E-state index in [0.29, 0.717) is 29.2 Å².